The topological polar surface area (TPSA) is 28.2 Å². The van der Waals surface area contributed by atoms with Crippen molar-refractivity contribution in [2.24, 2.45) is 0 Å². The normalized spacial score (nSPS) is 24.1. The van der Waals surface area contributed by atoms with Gasteiger partial charge in [-0.15, -0.1) is 0 Å². The van der Waals surface area contributed by atoms with Crippen molar-refractivity contribution in [2.75, 3.05) is 34.8 Å². The van der Waals surface area contributed by atoms with E-state index in [9.17, 15) is 0 Å². The van der Waals surface area contributed by atoms with Crippen LogP contribution in [0.2, 0.25) is 0 Å². The molecule has 0 aromatic carbocycles. The van der Waals surface area contributed by atoms with Gasteiger partial charge in [-0.1, -0.05) is 0 Å². The zero-order valence-corrected chi connectivity index (χ0v) is 10.6. The van der Waals surface area contributed by atoms with E-state index < -0.39 is 0 Å². The molecule has 1 fully saturated rings. The minimum absolute atomic E-state index is 0.616. The largest absolute Gasteiger partial charge is 0.380 e. The van der Waals surface area contributed by atoms with Crippen molar-refractivity contribution in [3.05, 3.63) is 16.7 Å². The van der Waals surface area contributed by atoms with Crippen LogP contribution in [0.25, 0.3) is 0 Å². The average molecular weight is 286 g/mol. The first kappa shape index (κ1) is 9.78. The number of halogens is 1. The van der Waals surface area contributed by atoms with E-state index >= 15 is 0 Å². The first-order chi connectivity index (χ1) is 7.34. The SMILES string of the molecule is Brc1cnc2c(c1)NCC1CSCCN21. The van der Waals surface area contributed by atoms with Crippen LogP contribution in [0.15, 0.2) is 16.7 Å². The molecule has 3 heterocycles. The maximum Gasteiger partial charge on any atom is 0.152 e. The molecule has 3 nitrogen and oxygen atoms in total. The average Bonchev–Trinajstić information content (AvgIpc) is 2.28. The number of hydrogen-bond donors (Lipinski definition) is 1. The van der Waals surface area contributed by atoms with E-state index in [1.165, 1.54) is 11.5 Å². The minimum Gasteiger partial charge on any atom is -0.380 e. The Labute approximate surface area is 102 Å². The minimum atomic E-state index is 0.616. The lowest BCUT2D eigenvalue weighted by Gasteiger charge is -2.41. The highest BCUT2D eigenvalue weighted by Gasteiger charge is 2.29. The van der Waals surface area contributed by atoms with Gasteiger partial charge in [0.2, 0.25) is 0 Å². The van der Waals surface area contributed by atoms with Gasteiger partial charge in [0.1, 0.15) is 0 Å². The van der Waals surface area contributed by atoms with E-state index in [1.807, 2.05) is 18.0 Å². The van der Waals surface area contributed by atoms with Crippen LogP contribution in [0.5, 0.6) is 0 Å². The summed E-state index contributed by atoms with van der Waals surface area (Å²) in [4.78, 5) is 6.95. The summed E-state index contributed by atoms with van der Waals surface area (Å²) >= 11 is 5.49. The highest BCUT2D eigenvalue weighted by Crippen LogP contribution is 2.34. The standard InChI is InChI=1S/C10H12BrN3S/c11-7-3-9-10(13-4-7)14-1-2-15-6-8(14)5-12-9/h3-4,8,12H,1-2,5-6H2. The number of aromatic nitrogens is 1. The van der Waals surface area contributed by atoms with Crippen LogP contribution in [0.3, 0.4) is 0 Å². The molecule has 1 N–H and O–H groups in total. The molecule has 0 spiro atoms. The van der Waals surface area contributed by atoms with Crippen molar-refractivity contribution in [3.8, 4) is 0 Å². The number of rotatable bonds is 0. The molecular formula is C10H12BrN3S. The van der Waals surface area contributed by atoms with Crippen LogP contribution in [0.1, 0.15) is 0 Å². The van der Waals surface area contributed by atoms with Crippen LogP contribution in [0.4, 0.5) is 11.5 Å². The fraction of sp³-hybridized carbons (Fsp3) is 0.500. The Balaban J connectivity index is 1.99. The third kappa shape index (κ3) is 1.72. The van der Waals surface area contributed by atoms with E-state index in [0.717, 1.165) is 29.1 Å². The summed E-state index contributed by atoms with van der Waals surface area (Å²) in [6.07, 6.45) is 1.88. The van der Waals surface area contributed by atoms with E-state index in [-0.39, 0.29) is 0 Å². The van der Waals surface area contributed by atoms with Crippen molar-refractivity contribution in [3.63, 3.8) is 0 Å². The number of thioether (sulfide) groups is 1. The predicted molar refractivity (Wildman–Crippen MR) is 68.9 cm³/mol. The molecule has 2 aliphatic rings. The van der Waals surface area contributed by atoms with E-state index in [4.69, 9.17) is 0 Å². The van der Waals surface area contributed by atoms with Gasteiger partial charge < -0.3 is 10.2 Å². The highest BCUT2D eigenvalue weighted by atomic mass is 79.9. The number of pyridine rings is 1. The van der Waals surface area contributed by atoms with Gasteiger partial charge in [-0.05, 0) is 22.0 Å². The Morgan fingerprint density at radius 2 is 2.53 bits per heavy atom. The Kier molecular flexibility index (Phi) is 2.52. The quantitative estimate of drug-likeness (QED) is 0.791. The molecule has 0 amide bonds. The van der Waals surface area contributed by atoms with Gasteiger partial charge in [-0.2, -0.15) is 11.8 Å². The summed E-state index contributed by atoms with van der Waals surface area (Å²) in [6, 6.07) is 2.73. The molecular weight excluding hydrogens is 274 g/mol. The summed E-state index contributed by atoms with van der Waals surface area (Å²) in [5, 5.41) is 3.46. The Morgan fingerprint density at radius 3 is 3.47 bits per heavy atom. The summed E-state index contributed by atoms with van der Waals surface area (Å²) in [7, 11) is 0. The molecule has 1 aromatic heterocycles. The molecule has 0 bridgehead atoms. The molecule has 0 radical (unpaired) electrons. The van der Waals surface area contributed by atoms with Gasteiger partial charge in [0.05, 0.1) is 11.7 Å². The Morgan fingerprint density at radius 1 is 1.60 bits per heavy atom. The first-order valence-electron chi connectivity index (χ1n) is 5.08. The summed E-state index contributed by atoms with van der Waals surface area (Å²) in [5.74, 6) is 3.55. The maximum absolute atomic E-state index is 4.51. The third-order valence-electron chi connectivity index (χ3n) is 2.86. The zero-order chi connectivity index (χ0) is 10.3. The van der Waals surface area contributed by atoms with Crippen molar-refractivity contribution < 1.29 is 0 Å². The van der Waals surface area contributed by atoms with E-state index in [0.29, 0.717) is 6.04 Å². The molecule has 1 aromatic rings. The summed E-state index contributed by atoms with van der Waals surface area (Å²) < 4.78 is 1.04. The predicted octanol–water partition coefficient (Wildman–Crippen LogP) is 2.19. The highest BCUT2D eigenvalue weighted by molar-refractivity contribution is 9.10. The lowest BCUT2D eigenvalue weighted by molar-refractivity contribution is 0.646. The number of fused-ring (bicyclic) bond motifs is 3. The van der Waals surface area contributed by atoms with Gasteiger partial charge >= 0.3 is 0 Å². The van der Waals surface area contributed by atoms with E-state index in [1.54, 1.807) is 0 Å². The monoisotopic (exact) mass is 285 g/mol. The van der Waals surface area contributed by atoms with Crippen LogP contribution in [0, 0.1) is 0 Å². The molecule has 0 aliphatic carbocycles. The molecule has 0 saturated carbocycles. The lowest BCUT2D eigenvalue weighted by atomic mass is 10.2. The van der Waals surface area contributed by atoms with Gasteiger partial charge in [0, 0.05) is 35.3 Å². The van der Waals surface area contributed by atoms with Crippen LogP contribution < -0.4 is 10.2 Å². The van der Waals surface area contributed by atoms with E-state index in [2.05, 4.69) is 37.2 Å². The van der Waals surface area contributed by atoms with Gasteiger partial charge in [0.15, 0.2) is 5.82 Å². The van der Waals surface area contributed by atoms with Crippen LogP contribution in [-0.4, -0.2) is 35.6 Å². The van der Waals surface area contributed by atoms with Crippen molar-refractivity contribution in [1.29, 1.82) is 0 Å². The molecule has 5 heteroatoms. The number of anilines is 2. The number of nitrogens with zero attached hydrogens (tertiary/aromatic N) is 2. The molecule has 1 atom stereocenters. The molecule has 80 valence electrons. The molecule has 1 saturated heterocycles. The van der Waals surface area contributed by atoms with Crippen LogP contribution >= 0.6 is 27.7 Å². The number of nitrogens with one attached hydrogen (secondary N) is 1. The van der Waals surface area contributed by atoms with Gasteiger partial charge in [-0.25, -0.2) is 4.98 Å². The van der Waals surface area contributed by atoms with Crippen molar-refractivity contribution >= 4 is 39.2 Å². The molecule has 3 rings (SSSR count). The van der Waals surface area contributed by atoms with Crippen molar-refractivity contribution in [1.82, 2.24) is 4.98 Å². The Bertz CT molecular complexity index is 385. The molecule has 2 aliphatic heterocycles. The molecule has 1 unspecified atom stereocenters. The second kappa shape index (κ2) is 3.87. The second-order valence-electron chi connectivity index (χ2n) is 3.83. The second-order valence-corrected chi connectivity index (χ2v) is 5.89. The maximum atomic E-state index is 4.51. The number of hydrogen-bond acceptors (Lipinski definition) is 4. The van der Waals surface area contributed by atoms with Gasteiger partial charge in [-0.3, -0.25) is 0 Å². The Hall–Kier alpha value is -0.420. The fourth-order valence-electron chi connectivity index (χ4n) is 2.12. The smallest absolute Gasteiger partial charge is 0.152 e. The lowest BCUT2D eigenvalue weighted by Crippen LogP contribution is -2.49. The van der Waals surface area contributed by atoms with Crippen LogP contribution in [-0.2, 0) is 0 Å². The van der Waals surface area contributed by atoms with Gasteiger partial charge in [0.25, 0.3) is 0 Å². The summed E-state index contributed by atoms with van der Waals surface area (Å²) in [5.41, 5.74) is 1.16. The first-order valence-corrected chi connectivity index (χ1v) is 7.03. The van der Waals surface area contributed by atoms with Crippen molar-refractivity contribution in [2.45, 2.75) is 6.04 Å². The molecule has 15 heavy (non-hydrogen) atoms. The zero-order valence-electron chi connectivity index (χ0n) is 8.24. The summed E-state index contributed by atoms with van der Waals surface area (Å²) in [6.45, 7) is 2.16. The third-order valence-corrected chi connectivity index (χ3v) is 4.39. The fourth-order valence-corrected chi connectivity index (χ4v) is 3.52.